The normalized spacial score (nSPS) is 14.8. The number of nitrogens with zero attached hydrogens (tertiary/aromatic N) is 3. The Morgan fingerprint density at radius 1 is 1.47 bits per heavy atom. The van der Waals surface area contributed by atoms with Crippen LogP contribution in [0.25, 0.3) is 5.65 Å². The Morgan fingerprint density at radius 3 is 3.06 bits per heavy atom. The fraction of sp³-hybridized carbons (Fsp3) is 0.500. The van der Waals surface area contributed by atoms with Gasteiger partial charge in [-0.05, 0) is 33.4 Å². The van der Waals surface area contributed by atoms with Gasteiger partial charge in [0, 0.05) is 23.9 Å². The molecule has 0 aliphatic heterocycles. The van der Waals surface area contributed by atoms with Crippen LogP contribution in [-0.2, 0) is 19.4 Å². The number of aromatic nitrogens is 3. The molecule has 0 saturated heterocycles. The molecule has 0 bridgehead atoms. The number of aryl methyl sites for hydroxylation is 1. The molecule has 0 unspecified atom stereocenters. The molecule has 0 radical (unpaired) electrons. The van der Waals surface area contributed by atoms with Gasteiger partial charge in [-0.25, -0.2) is 9.50 Å². The summed E-state index contributed by atoms with van der Waals surface area (Å²) in [6.07, 6.45) is 4.73. The first kappa shape index (κ1) is 10.5. The van der Waals surface area contributed by atoms with Crippen molar-refractivity contribution in [1.82, 2.24) is 19.5 Å². The average molecular weight is 232 g/mol. The highest BCUT2D eigenvalue weighted by Crippen LogP contribution is 2.18. The van der Waals surface area contributed by atoms with Crippen LogP contribution in [0.1, 0.15) is 23.2 Å². The van der Waals surface area contributed by atoms with Gasteiger partial charge in [0.25, 0.3) is 5.56 Å². The Hall–Kier alpha value is -1.62. The lowest BCUT2D eigenvalue weighted by Gasteiger charge is -2.07. The minimum atomic E-state index is 0.0764. The van der Waals surface area contributed by atoms with Gasteiger partial charge in [0.05, 0.1) is 5.69 Å². The Labute approximate surface area is 99.1 Å². The number of hydrogen-bond donors (Lipinski definition) is 1. The van der Waals surface area contributed by atoms with Gasteiger partial charge in [0.2, 0.25) is 0 Å². The van der Waals surface area contributed by atoms with Crippen molar-refractivity contribution in [3.8, 4) is 0 Å². The maximum atomic E-state index is 12.2. The standard InChI is InChI=1S/C12H16N4O/c1-15(2)7-8-6-13-16-11(8)14-10-5-3-4-9(10)12(16)17/h6,13H,3-5,7H2,1-2H3. The second kappa shape index (κ2) is 3.70. The topological polar surface area (TPSA) is 53.4 Å². The van der Waals surface area contributed by atoms with E-state index < -0.39 is 0 Å². The van der Waals surface area contributed by atoms with Crippen LogP contribution in [0.5, 0.6) is 0 Å². The van der Waals surface area contributed by atoms with E-state index in [1.165, 1.54) is 0 Å². The second-order valence-electron chi connectivity index (χ2n) is 4.89. The number of aromatic amines is 1. The van der Waals surface area contributed by atoms with Crippen LogP contribution in [0.3, 0.4) is 0 Å². The molecule has 90 valence electrons. The molecule has 2 aromatic rings. The highest BCUT2D eigenvalue weighted by Gasteiger charge is 2.19. The summed E-state index contributed by atoms with van der Waals surface area (Å²) in [6, 6.07) is 0. The first-order valence-corrected chi connectivity index (χ1v) is 5.92. The highest BCUT2D eigenvalue weighted by molar-refractivity contribution is 5.48. The van der Waals surface area contributed by atoms with Crippen LogP contribution in [-0.4, -0.2) is 33.6 Å². The van der Waals surface area contributed by atoms with E-state index in [1.807, 2.05) is 20.3 Å². The lowest BCUT2D eigenvalue weighted by atomic mass is 10.2. The molecule has 1 aliphatic rings. The van der Waals surface area contributed by atoms with E-state index in [9.17, 15) is 4.79 Å². The molecule has 3 rings (SSSR count). The number of hydrogen-bond acceptors (Lipinski definition) is 3. The molecule has 0 amide bonds. The highest BCUT2D eigenvalue weighted by atomic mass is 16.1. The lowest BCUT2D eigenvalue weighted by Crippen LogP contribution is -2.20. The Balaban J connectivity index is 2.23. The number of fused-ring (bicyclic) bond motifs is 2. The fourth-order valence-corrected chi connectivity index (χ4v) is 2.49. The molecule has 2 aromatic heterocycles. The van der Waals surface area contributed by atoms with Gasteiger partial charge < -0.3 is 4.90 Å². The van der Waals surface area contributed by atoms with Gasteiger partial charge in [0.15, 0.2) is 5.65 Å². The Morgan fingerprint density at radius 2 is 2.29 bits per heavy atom. The maximum Gasteiger partial charge on any atom is 0.276 e. The van der Waals surface area contributed by atoms with Crippen molar-refractivity contribution < 1.29 is 0 Å². The molecule has 2 heterocycles. The van der Waals surface area contributed by atoms with Crippen molar-refractivity contribution in [1.29, 1.82) is 0 Å². The minimum absolute atomic E-state index is 0.0764. The fourth-order valence-electron chi connectivity index (χ4n) is 2.49. The number of nitrogens with one attached hydrogen (secondary N) is 1. The largest absolute Gasteiger partial charge is 0.305 e. The molecule has 0 spiro atoms. The number of rotatable bonds is 2. The molecular weight excluding hydrogens is 216 g/mol. The first-order valence-electron chi connectivity index (χ1n) is 5.92. The molecule has 0 saturated carbocycles. The monoisotopic (exact) mass is 232 g/mol. The van der Waals surface area contributed by atoms with Crippen LogP contribution >= 0.6 is 0 Å². The van der Waals surface area contributed by atoms with E-state index in [2.05, 4.69) is 15.0 Å². The summed E-state index contributed by atoms with van der Waals surface area (Å²) in [5.41, 5.74) is 3.81. The van der Waals surface area contributed by atoms with Crippen molar-refractivity contribution in [2.24, 2.45) is 0 Å². The summed E-state index contributed by atoms with van der Waals surface area (Å²) in [5.74, 6) is 0. The third-order valence-corrected chi connectivity index (χ3v) is 3.24. The Bertz CT molecular complexity index is 623. The van der Waals surface area contributed by atoms with E-state index >= 15 is 0 Å². The van der Waals surface area contributed by atoms with Crippen LogP contribution in [0.15, 0.2) is 11.0 Å². The molecular formula is C12H16N4O. The van der Waals surface area contributed by atoms with Gasteiger partial charge in [-0.2, -0.15) is 0 Å². The SMILES string of the molecule is CN(C)Cc1c[nH]n2c(=O)c3c(nc12)CCC3. The summed E-state index contributed by atoms with van der Waals surface area (Å²) in [7, 11) is 4.02. The Kier molecular flexibility index (Phi) is 2.29. The molecule has 0 aromatic carbocycles. The minimum Gasteiger partial charge on any atom is -0.305 e. The summed E-state index contributed by atoms with van der Waals surface area (Å²) < 4.78 is 1.57. The average Bonchev–Trinajstić information content (AvgIpc) is 2.86. The predicted molar refractivity (Wildman–Crippen MR) is 65.2 cm³/mol. The summed E-state index contributed by atoms with van der Waals surface area (Å²) in [6.45, 7) is 0.790. The van der Waals surface area contributed by atoms with Crippen molar-refractivity contribution in [2.45, 2.75) is 25.8 Å². The molecule has 5 nitrogen and oxygen atoms in total. The van der Waals surface area contributed by atoms with Gasteiger partial charge in [-0.15, -0.1) is 0 Å². The first-order chi connectivity index (χ1) is 8.16. The molecule has 1 N–H and O–H groups in total. The van der Waals surface area contributed by atoms with E-state index in [0.29, 0.717) is 0 Å². The van der Waals surface area contributed by atoms with Crippen LogP contribution in [0.4, 0.5) is 0 Å². The summed E-state index contributed by atoms with van der Waals surface area (Å²) in [5, 5.41) is 3.01. The zero-order valence-electron chi connectivity index (χ0n) is 10.2. The summed E-state index contributed by atoms with van der Waals surface area (Å²) >= 11 is 0. The van der Waals surface area contributed by atoms with Gasteiger partial charge in [-0.3, -0.25) is 9.89 Å². The van der Waals surface area contributed by atoms with Gasteiger partial charge in [-0.1, -0.05) is 0 Å². The van der Waals surface area contributed by atoms with E-state index in [-0.39, 0.29) is 5.56 Å². The lowest BCUT2D eigenvalue weighted by molar-refractivity contribution is 0.403. The van der Waals surface area contributed by atoms with Crippen molar-refractivity contribution in [3.63, 3.8) is 0 Å². The van der Waals surface area contributed by atoms with Crippen molar-refractivity contribution in [3.05, 3.63) is 33.4 Å². The third-order valence-electron chi connectivity index (χ3n) is 3.24. The molecule has 0 atom stereocenters. The predicted octanol–water partition coefficient (Wildman–Crippen LogP) is 0.573. The van der Waals surface area contributed by atoms with Gasteiger partial charge in [0.1, 0.15) is 0 Å². The third kappa shape index (κ3) is 1.58. The van der Waals surface area contributed by atoms with Gasteiger partial charge >= 0.3 is 0 Å². The molecule has 5 heteroatoms. The van der Waals surface area contributed by atoms with E-state index in [4.69, 9.17) is 0 Å². The molecule has 0 fully saturated rings. The maximum absolute atomic E-state index is 12.2. The zero-order chi connectivity index (χ0) is 12.0. The van der Waals surface area contributed by atoms with E-state index in [1.54, 1.807) is 4.52 Å². The quantitative estimate of drug-likeness (QED) is 0.823. The van der Waals surface area contributed by atoms with E-state index in [0.717, 1.165) is 48.3 Å². The number of H-pyrrole nitrogens is 1. The molecule has 17 heavy (non-hydrogen) atoms. The summed E-state index contributed by atoms with van der Waals surface area (Å²) in [4.78, 5) is 18.9. The van der Waals surface area contributed by atoms with Crippen molar-refractivity contribution in [2.75, 3.05) is 14.1 Å². The van der Waals surface area contributed by atoms with Crippen LogP contribution < -0.4 is 5.56 Å². The van der Waals surface area contributed by atoms with Crippen LogP contribution in [0.2, 0.25) is 0 Å². The van der Waals surface area contributed by atoms with Crippen LogP contribution in [0, 0.1) is 0 Å². The van der Waals surface area contributed by atoms with Crippen molar-refractivity contribution >= 4 is 5.65 Å². The zero-order valence-corrected chi connectivity index (χ0v) is 10.2. The molecule has 1 aliphatic carbocycles. The second-order valence-corrected chi connectivity index (χ2v) is 4.89. The smallest absolute Gasteiger partial charge is 0.276 e.